The number of unbranched alkanes of at least 4 members (excludes halogenated alkanes) is 7. The molecule has 0 spiro atoms. The number of allylic oxidation sites excluding steroid dienone is 12. The van der Waals surface area contributed by atoms with E-state index in [-0.39, 0.29) is 31.6 Å². The van der Waals surface area contributed by atoms with Crippen LogP contribution >= 0.6 is 7.82 Å². The number of hydrogen-bond donors (Lipinski definition) is 4. The van der Waals surface area contributed by atoms with Crippen molar-refractivity contribution < 1.29 is 38.0 Å². The minimum absolute atomic E-state index is 0.0340. The molecule has 0 aliphatic heterocycles. The van der Waals surface area contributed by atoms with E-state index in [0.29, 0.717) is 17.4 Å². The number of amides is 1. The Labute approximate surface area is 310 Å². The molecule has 4 N–H and O–H groups in total. The number of phosphoric ester groups is 1. The molecule has 0 aromatic heterocycles. The maximum absolute atomic E-state index is 12.8. The van der Waals surface area contributed by atoms with Gasteiger partial charge in [-0.3, -0.25) is 13.8 Å². The number of hydrogen-bond acceptors (Lipinski definition) is 6. The maximum atomic E-state index is 12.8. The highest BCUT2D eigenvalue weighted by Crippen LogP contribution is 2.43. The van der Waals surface area contributed by atoms with Crippen molar-refractivity contribution in [1.29, 1.82) is 0 Å². The smallest absolute Gasteiger partial charge is 0.389 e. The molecule has 0 rings (SSSR count). The zero-order chi connectivity index (χ0) is 38.1. The monoisotopic (exact) mass is 736 g/mol. The molecule has 1 amide bonds. The van der Waals surface area contributed by atoms with E-state index in [1.165, 1.54) is 32.1 Å². The number of likely N-dealkylation sites (N-methyl/N-ethyl adjacent to an activating group) is 1. The molecular formula is C41H72N2O7P+. The minimum Gasteiger partial charge on any atom is -0.389 e. The zero-order valence-electron chi connectivity index (χ0n) is 32.4. The number of nitrogens with one attached hydrogen (secondary N) is 1. The summed E-state index contributed by atoms with van der Waals surface area (Å²) in [6.45, 7) is 4.34. The van der Waals surface area contributed by atoms with Crippen molar-refractivity contribution in [3.05, 3.63) is 85.1 Å². The second-order valence-electron chi connectivity index (χ2n) is 13.8. The van der Waals surface area contributed by atoms with Crippen molar-refractivity contribution >= 4 is 13.7 Å². The van der Waals surface area contributed by atoms with E-state index in [2.05, 4.69) is 60.8 Å². The van der Waals surface area contributed by atoms with Gasteiger partial charge >= 0.3 is 7.82 Å². The number of nitrogens with zero attached hydrogens (tertiary/aromatic N) is 1. The highest BCUT2D eigenvalue weighted by molar-refractivity contribution is 7.47. The topological polar surface area (TPSA) is 125 Å². The summed E-state index contributed by atoms with van der Waals surface area (Å²) in [5.41, 5.74) is 0. The first-order valence-corrected chi connectivity index (χ1v) is 20.6. The molecular weight excluding hydrogens is 663 g/mol. The van der Waals surface area contributed by atoms with Crippen LogP contribution in [0.5, 0.6) is 0 Å². The van der Waals surface area contributed by atoms with Gasteiger partial charge in [-0.1, -0.05) is 125 Å². The Balaban J connectivity index is 4.70. The Kier molecular flexibility index (Phi) is 30.8. The van der Waals surface area contributed by atoms with Crippen molar-refractivity contribution in [2.75, 3.05) is 40.9 Å². The molecule has 9 nitrogen and oxygen atoms in total. The Morgan fingerprint density at radius 1 is 0.725 bits per heavy atom. The van der Waals surface area contributed by atoms with E-state index in [0.717, 1.165) is 51.4 Å². The Hall–Kier alpha value is -2.36. The van der Waals surface area contributed by atoms with Gasteiger partial charge < -0.3 is 24.9 Å². The van der Waals surface area contributed by atoms with Crippen LogP contribution in [0.4, 0.5) is 0 Å². The van der Waals surface area contributed by atoms with E-state index in [1.54, 1.807) is 12.2 Å². The largest absolute Gasteiger partial charge is 0.472 e. The minimum atomic E-state index is -4.37. The number of carbonyl (C=O) groups is 1. The fourth-order valence-electron chi connectivity index (χ4n) is 4.51. The van der Waals surface area contributed by atoms with E-state index >= 15 is 0 Å². The zero-order valence-corrected chi connectivity index (χ0v) is 33.3. The lowest BCUT2D eigenvalue weighted by Crippen LogP contribution is -2.45. The van der Waals surface area contributed by atoms with E-state index in [9.17, 15) is 24.5 Å². The predicted octanol–water partition coefficient (Wildman–Crippen LogP) is 8.82. The van der Waals surface area contributed by atoms with Crippen LogP contribution in [-0.2, 0) is 18.4 Å². The Morgan fingerprint density at radius 3 is 1.98 bits per heavy atom. The fraction of sp³-hybridized carbons (Fsp3) is 0.634. The quantitative estimate of drug-likeness (QED) is 0.0179. The van der Waals surface area contributed by atoms with Gasteiger partial charge in [-0.15, -0.1) is 0 Å². The van der Waals surface area contributed by atoms with Crippen LogP contribution in [0.1, 0.15) is 110 Å². The Bertz CT molecular complexity index is 1120. The first-order valence-electron chi connectivity index (χ1n) is 19.1. The second-order valence-corrected chi connectivity index (χ2v) is 15.2. The fourth-order valence-corrected chi connectivity index (χ4v) is 5.25. The molecule has 0 saturated carbocycles. The summed E-state index contributed by atoms with van der Waals surface area (Å²) in [5.74, 6) is -0.263. The summed E-state index contributed by atoms with van der Waals surface area (Å²) >= 11 is 0. The van der Waals surface area contributed by atoms with Gasteiger partial charge in [0.05, 0.1) is 46.0 Å². The summed E-state index contributed by atoms with van der Waals surface area (Å²) in [6, 6.07) is -0.905. The van der Waals surface area contributed by atoms with E-state index < -0.39 is 20.0 Å². The molecule has 0 heterocycles. The third-order valence-corrected chi connectivity index (χ3v) is 8.74. The molecule has 4 atom stereocenters. The van der Waals surface area contributed by atoms with Gasteiger partial charge in [-0.05, 0) is 64.2 Å². The maximum Gasteiger partial charge on any atom is 0.472 e. The molecule has 10 heteroatoms. The van der Waals surface area contributed by atoms with Crippen molar-refractivity contribution in [3.63, 3.8) is 0 Å². The normalized spacial score (nSPS) is 16.2. The third kappa shape index (κ3) is 34.5. The molecule has 0 aromatic rings. The van der Waals surface area contributed by atoms with Crippen molar-refractivity contribution in [2.24, 2.45) is 0 Å². The summed E-state index contributed by atoms with van der Waals surface area (Å²) in [5, 5.41) is 23.1. The molecule has 0 bridgehead atoms. The van der Waals surface area contributed by atoms with Crippen molar-refractivity contribution in [1.82, 2.24) is 5.32 Å². The van der Waals surface area contributed by atoms with Crippen LogP contribution in [0.3, 0.4) is 0 Å². The van der Waals surface area contributed by atoms with Gasteiger partial charge in [0.25, 0.3) is 0 Å². The average Bonchev–Trinajstić information content (AvgIpc) is 3.07. The van der Waals surface area contributed by atoms with Crippen LogP contribution in [0.25, 0.3) is 0 Å². The molecule has 0 aliphatic rings. The molecule has 0 radical (unpaired) electrons. The van der Waals surface area contributed by atoms with Gasteiger partial charge in [0.1, 0.15) is 13.2 Å². The number of phosphoric acid groups is 1. The van der Waals surface area contributed by atoms with Crippen LogP contribution in [0.2, 0.25) is 0 Å². The Morgan fingerprint density at radius 2 is 1.31 bits per heavy atom. The third-order valence-electron chi connectivity index (χ3n) is 7.76. The molecule has 0 aliphatic carbocycles. The molecule has 292 valence electrons. The standard InChI is InChI=1S/C41H71N2O7P/c1-6-8-9-10-11-12-17-21-24-27-30-33-40(45)39(37-50-51(47,48)49-36-35-43(3,4)5)42-41(46)34-31-28-25-22-19-16-14-13-15-18-20-23-26-29-32-38(44)7-2/h14-18,21-23,25-26,29-30,32-33,38-40,44-45H,6-13,19-20,24,27-28,31,34-37H2,1-5H3,(H-,42,46,47,48)/p+1/b16-14-,18-15-,21-17-,25-22-,26-23-,32-29+,33-30+/t38-,39+,40-/m1/s1. The number of aliphatic hydroxyl groups is 2. The van der Waals surface area contributed by atoms with Crippen LogP contribution < -0.4 is 5.32 Å². The SMILES string of the molecule is CCCCCCC/C=C\CC/C=C/[C@@H](O)[C@H](COP(=O)(O)OCC[N+](C)(C)C)NC(=O)CCC/C=C\C/C=C\C/C=C\C/C=C\C=C\[C@H](O)CC. The number of carbonyl (C=O) groups excluding carboxylic acids is 1. The lowest BCUT2D eigenvalue weighted by molar-refractivity contribution is -0.870. The summed E-state index contributed by atoms with van der Waals surface area (Å²) in [7, 11) is 1.47. The van der Waals surface area contributed by atoms with E-state index in [4.69, 9.17) is 9.05 Å². The number of aliphatic hydroxyl groups excluding tert-OH is 2. The number of rotatable bonds is 32. The molecule has 0 fully saturated rings. The van der Waals surface area contributed by atoms with Crippen molar-refractivity contribution in [2.45, 2.75) is 128 Å². The highest BCUT2D eigenvalue weighted by Gasteiger charge is 2.27. The lowest BCUT2D eigenvalue weighted by Gasteiger charge is -2.25. The molecule has 0 aromatic carbocycles. The van der Waals surface area contributed by atoms with Crippen LogP contribution in [0, 0.1) is 0 Å². The van der Waals surface area contributed by atoms with Crippen LogP contribution in [-0.4, -0.2) is 84.6 Å². The van der Waals surface area contributed by atoms with Gasteiger partial charge in [0.15, 0.2) is 0 Å². The summed E-state index contributed by atoms with van der Waals surface area (Å²) < 4.78 is 23.4. The molecule has 0 saturated heterocycles. The molecule has 51 heavy (non-hydrogen) atoms. The summed E-state index contributed by atoms with van der Waals surface area (Å²) in [4.78, 5) is 22.9. The van der Waals surface area contributed by atoms with Gasteiger partial charge in [-0.2, -0.15) is 0 Å². The number of quaternary nitrogens is 1. The van der Waals surface area contributed by atoms with E-state index in [1.807, 2.05) is 52.4 Å². The van der Waals surface area contributed by atoms with Crippen molar-refractivity contribution in [3.8, 4) is 0 Å². The van der Waals surface area contributed by atoms with Gasteiger partial charge in [0.2, 0.25) is 5.91 Å². The summed E-state index contributed by atoms with van der Waals surface area (Å²) in [6.07, 6.45) is 40.4. The van der Waals surface area contributed by atoms with Crippen LogP contribution in [0.15, 0.2) is 85.1 Å². The first-order chi connectivity index (χ1) is 24.4. The predicted molar refractivity (Wildman–Crippen MR) is 213 cm³/mol. The average molecular weight is 736 g/mol. The molecule has 1 unspecified atom stereocenters. The van der Waals surface area contributed by atoms with Gasteiger partial charge in [0, 0.05) is 6.42 Å². The van der Waals surface area contributed by atoms with Gasteiger partial charge in [-0.25, -0.2) is 4.57 Å². The highest BCUT2D eigenvalue weighted by atomic mass is 31.2. The lowest BCUT2D eigenvalue weighted by atomic mass is 10.1. The first kappa shape index (κ1) is 48.6. The second kappa shape index (κ2) is 32.3.